The summed E-state index contributed by atoms with van der Waals surface area (Å²) in [5.41, 5.74) is 3.74. The van der Waals surface area contributed by atoms with Gasteiger partial charge >= 0.3 is 0 Å². The van der Waals surface area contributed by atoms with Crippen LogP contribution in [0, 0.1) is 0 Å². The van der Waals surface area contributed by atoms with Crippen LogP contribution >= 0.6 is 11.6 Å². The Hall–Kier alpha value is -2.92. The molecule has 0 atom stereocenters. The van der Waals surface area contributed by atoms with E-state index in [0.717, 1.165) is 41.4 Å². The standard InChI is InChI=1S/C19H16ClN5/c20-15-5-3-4-14(12-15)17-13-23-19-8-7-18(24-25(17)19)22-11-9-16-6-1-2-10-21-16/h1-8,10,12-13H,9,11H2,(H,22,24). The van der Waals surface area contributed by atoms with Crippen LogP contribution in [0.1, 0.15) is 5.69 Å². The van der Waals surface area contributed by atoms with Crippen molar-refractivity contribution in [3.63, 3.8) is 0 Å². The molecule has 1 aromatic carbocycles. The van der Waals surface area contributed by atoms with Crippen molar-refractivity contribution in [1.29, 1.82) is 0 Å². The molecule has 0 radical (unpaired) electrons. The normalized spacial score (nSPS) is 10.9. The van der Waals surface area contributed by atoms with Crippen LogP contribution in [0.5, 0.6) is 0 Å². The molecule has 124 valence electrons. The Kier molecular flexibility index (Phi) is 4.31. The highest BCUT2D eigenvalue weighted by atomic mass is 35.5. The van der Waals surface area contributed by atoms with Crippen LogP contribution in [0.15, 0.2) is 67.0 Å². The monoisotopic (exact) mass is 349 g/mol. The number of anilines is 1. The van der Waals surface area contributed by atoms with Crippen LogP contribution < -0.4 is 5.32 Å². The van der Waals surface area contributed by atoms with Gasteiger partial charge in [0.25, 0.3) is 0 Å². The van der Waals surface area contributed by atoms with Gasteiger partial charge in [0.15, 0.2) is 5.65 Å². The van der Waals surface area contributed by atoms with Crippen LogP contribution in [0.3, 0.4) is 0 Å². The number of benzene rings is 1. The largest absolute Gasteiger partial charge is 0.368 e. The topological polar surface area (TPSA) is 55.1 Å². The van der Waals surface area contributed by atoms with Gasteiger partial charge in [-0.1, -0.05) is 29.8 Å². The van der Waals surface area contributed by atoms with Gasteiger partial charge in [-0.3, -0.25) is 4.98 Å². The summed E-state index contributed by atoms with van der Waals surface area (Å²) < 4.78 is 1.83. The number of hydrogen-bond donors (Lipinski definition) is 1. The number of fused-ring (bicyclic) bond motifs is 1. The molecule has 3 heterocycles. The summed E-state index contributed by atoms with van der Waals surface area (Å²) in [6.45, 7) is 0.761. The summed E-state index contributed by atoms with van der Waals surface area (Å²) in [5.74, 6) is 0.796. The van der Waals surface area contributed by atoms with E-state index < -0.39 is 0 Å². The molecule has 0 saturated heterocycles. The third-order valence-electron chi connectivity index (χ3n) is 3.90. The minimum Gasteiger partial charge on any atom is -0.368 e. The van der Waals surface area contributed by atoms with Crippen LogP contribution in [-0.2, 0) is 6.42 Å². The summed E-state index contributed by atoms with van der Waals surface area (Å²) in [7, 11) is 0. The van der Waals surface area contributed by atoms with Crippen LogP contribution in [0.2, 0.25) is 5.02 Å². The second-order valence-corrected chi connectivity index (χ2v) is 6.08. The van der Waals surface area contributed by atoms with E-state index in [4.69, 9.17) is 11.6 Å². The molecule has 0 aliphatic heterocycles. The fourth-order valence-electron chi connectivity index (χ4n) is 2.68. The number of aromatic nitrogens is 4. The highest BCUT2D eigenvalue weighted by Crippen LogP contribution is 2.23. The van der Waals surface area contributed by atoms with Crippen molar-refractivity contribution in [2.45, 2.75) is 6.42 Å². The van der Waals surface area contributed by atoms with Crippen LogP contribution in [0.4, 0.5) is 5.82 Å². The van der Waals surface area contributed by atoms with Crippen molar-refractivity contribution in [1.82, 2.24) is 19.6 Å². The molecule has 6 heteroatoms. The zero-order valence-corrected chi connectivity index (χ0v) is 14.2. The number of nitrogens with one attached hydrogen (secondary N) is 1. The Morgan fingerprint density at radius 2 is 1.96 bits per heavy atom. The third-order valence-corrected chi connectivity index (χ3v) is 4.13. The van der Waals surface area contributed by atoms with Gasteiger partial charge in [0.1, 0.15) is 5.82 Å². The molecule has 0 aliphatic rings. The molecule has 0 spiro atoms. The molecule has 0 aliphatic carbocycles. The molecule has 0 fully saturated rings. The molecular formula is C19H16ClN5. The minimum absolute atomic E-state index is 0.692. The van der Waals surface area contributed by atoms with E-state index in [-0.39, 0.29) is 0 Å². The Morgan fingerprint density at radius 3 is 2.80 bits per heavy atom. The molecule has 0 unspecified atom stereocenters. The number of pyridine rings is 1. The molecule has 0 bridgehead atoms. The van der Waals surface area contributed by atoms with Gasteiger partial charge < -0.3 is 5.32 Å². The molecular weight excluding hydrogens is 334 g/mol. The van der Waals surface area contributed by atoms with Crippen molar-refractivity contribution >= 4 is 23.1 Å². The predicted octanol–water partition coefficient (Wildman–Crippen LogP) is 4.10. The molecule has 0 saturated carbocycles. The van der Waals surface area contributed by atoms with Gasteiger partial charge in [-0.25, -0.2) is 9.50 Å². The average Bonchev–Trinajstić information content (AvgIpc) is 3.06. The highest BCUT2D eigenvalue weighted by molar-refractivity contribution is 6.30. The fraction of sp³-hybridized carbons (Fsp3) is 0.105. The predicted molar refractivity (Wildman–Crippen MR) is 99.9 cm³/mol. The number of halogens is 1. The summed E-state index contributed by atoms with van der Waals surface area (Å²) in [4.78, 5) is 8.74. The molecule has 3 aromatic heterocycles. The summed E-state index contributed by atoms with van der Waals surface area (Å²) >= 11 is 6.10. The second-order valence-electron chi connectivity index (χ2n) is 5.64. The Labute approximate surface area is 150 Å². The summed E-state index contributed by atoms with van der Waals surface area (Å²) in [6.07, 6.45) is 4.46. The highest BCUT2D eigenvalue weighted by Gasteiger charge is 2.08. The van der Waals surface area contributed by atoms with Crippen LogP contribution in [-0.4, -0.2) is 26.1 Å². The summed E-state index contributed by atoms with van der Waals surface area (Å²) in [5, 5.41) is 8.68. The fourth-order valence-corrected chi connectivity index (χ4v) is 2.87. The van der Waals surface area contributed by atoms with E-state index in [0.29, 0.717) is 5.02 Å². The maximum Gasteiger partial charge on any atom is 0.154 e. The molecule has 25 heavy (non-hydrogen) atoms. The Balaban J connectivity index is 1.56. The van der Waals surface area contributed by atoms with Crippen LogP contribution in [0.25, 0.3) is 16.9 Å². The van der Waals surface area contributed by atoms with Crippen molar-refractivity contribution < 1.29 is 0 Å². The van der Waals surface area contributed by atoms with E-state index in [1.54, 1.807) is 0 Å². The lowest BCUT2D eigenvalue weighted by Gasteiger charge is -2.07. The van der Waals surface area contributed by atoms with Gasteiger partial charge in [-0.15, -0.1) is 5.10 Å². The maximum absolute atomic E-state index is 6.10. The SMILES string of the molecule is Clc1cccc(-c2cnc3ccc(NCCc4ccccn4)nn23)c1. The first-order valence-electron chi connectivity index (χ1n) is 8.04. The van der Waals surface area contributed by atoms with Gasteiger partial charge in [-0.05, 0) is 36.4 Å². The maximum atomic E-state index is 6.10. The first kappa shape index (κ1) is 15.6. The van der Waals surface area contributed by atoms with Gasteiger partial charge in [0, 0.05) is 35.4 Å². The van der Waals surface area contributed by atoms with E-state index in [1.165, 1.54) is 0 Å². The van der Waals surface area contributed by atoms with Gasteiger partial charge in [0.05, 0.1) is 11.9 Å². The zero-order chi connectivity index (χ0) is 17.1. The smallest absolute Gasteiger partial charge is 0.154 e. The van der Waals surface area contributed by atoms with Crippen molar-refractivity contribution in [3.05, 3.63) is 77.7 Å². The molecule has 4 aromatic rings. The quantitative estimate of drug-likeness (QED) is 0.589. The number of nitrogens with zero attached hydrogens (tertiary/aromatic N) is 4. The number of hydrogen-bond acceptors (Lipinski definition) is 4. The lowest BCUT2D eigenvalue weighted by molar-refractivity contribution is 0.907. The molecule has 4 rings (SSSR count). The molecule has 0 amide bonds. The number of rotatable bonds is 5. The first-order valence-corrected chi connectivity index (χ1v) is 8.42. The van der Waals surface area contributed by atoms with E-state index in [2.05, 4.69) is 20.4 Å². The van der Waals surface area contributed by atoms with Crippen molar-refractivity contribution in [2.75, 3.05) is 11.9 Å². The lowest BCUT2D eigenvalue weighted by Crippen LogP contribution is -2.09. The third kappa shape index (κ3) is 3.46. The van der Waals surface area contributed by atoms with Gasteiger partial charge in [-0.2, -0.15) is 0 Å². The minimum atomic E-state index is 0.692. The zero-order valence-electron chi connectivity index (χ0n) is 13.4. The van der Waals surface area contributed by atoms with Crippen molar-refractivity contribution in [3.8, 4) is 11.3 Å². The second kappa shape index (κ2) is 6.91. The molecule has 5 nitrogen and oxygen atoms in total. The Morgan fingerprint density at radius 1 is 1.00 bits per heavy atom. The molecule has 1 N–H and O–H groups in total. The van der Waals surface area contributed by atoms with Crippen molar-refractivity contribution in [2.24, 2.45) is 0 Å². The Bertz CT molecular complexity index is 997. The summed E-state index contributed by atoms with van der Waals surface area (Å²) in [6, 6.07) is 17.5. The average molecular weight is 350 g/mol. The van der Waals surface area contributed by atoms with Gasteiger partial charge in [0.2, 0.25) is 0 Å². The van der Waals surface area contributed by atoms with E-state index >= 15 is 0 Å². The lowest BCUT2D eigenvalue weighted by atomic mass is 10.2. The van der Waals surface area contributed by atoms with E-state index in [1.807, 2.05) is 71.5 Å². The number of imidazole rings is 1. The van der Waals surface area contributed by atoms with E-state index in [9.17, 15) is 0 Å². The first-order chi connectivity index (χ1) is 12.3.